The van der Waals surface area contributed by atoms with E-state index >= 15 is 0 Å². The smallest absolute Gasteiger partial charge is 0.271 e. The Morgan fingerprint density at radius 3 is 2.71 bits per heavy atom. The number of nitrogens with zero attached hydrogens (tertiary/aromatic N) is 1. The maximum atomic E-state index is 11.9. The third-order valence-electron chi connectivity index (χ3n) is 2.66. The zero-order chi connectivity index (χ0) is 15.1. The van der Waals surface area contributed by atoms with Crippen LogP contribution in [0.5, 0.6) is 5.75 Å². The molecule has 1 N–H and O–H groups in total. The first-order chi connectivity index (χ1) is 10.2. The van der Waals surface area contributed by atoms with Crippen LogP contribution in [0.3, 0.4) is 0 Å². The van der Waals surface area contributed by atoms with Crippen LogP contribution in [0, 0.1) is 0 Å². The van der Waals surface area contributed by atoms with Crippen LogP contribution < -0.4 is 10.2 Å². The summed E-state index contributed by atoms with van der Waals surface area (Å²) in [6, 6.07) is 14.6. The molecule has 2 aromatic carbocycles. The van der Waals surface area contributed by atoms with Gasteiger partial charge in [-0.3, -0.25) is 4.79 Å². The molecule has 0 aromatic heterocycles. The van der Waals surface area contributed by atoms with Gasteiger partial charge >= 0.3 is 0 Å². The topological polar surface area (TPSA) is 50.7 Å². The Morgan fingerprint density at radius 1 is 1.29 bits per heavy atom. The molecule has 5 heteroatoms. The average molecular weight is 347 g/mol. The van der Waals surface area contributed by atoms with Gasteiger partial charge in [-0.25, -0.2) is 5.43 Å². The Bertz CT molecular complexity index is 639. The molecule has 21 heavy (non-hydrogen) atoms. The fourth-order valence-corrected chi connectivity index (χ4v) is 2.10. The van der Waals surface area contributed by atoms with Gasteiger partial charge in [0.15, 0.2) is 0 Å². The molecular formula is C16H15BrN2O2. The SMILES string of the molecule is CCOc1ccc(C(=O)N/N=C\c2cccc(Br)c2)cc1. The number of nitrogens with one attached hydrogen (secondary N) is 1. The molecule has 0 saturated carbocycles. The average Bonchev–Trinajstić information content (AvgIpc) is 2.48. The first-order valence-corrected chi connectivity index (χ1v) is 7.30. The maximum absolute atomic E-state index is 11.9. The number of rotatable bonds is 5. The lowest BCUT2D eigenvalue weighted by molar-refractivity contribution is 0.0955. The predicted octanol–water partition coefficient (Wildman–Crippen LogP) is 3.61. The number of hydrogen-bond donors (Lipinski definition) is 1. The number of ether oxygens (including phenoxy) is 1. The van der Waals surface area contributed by atoms with Crippen molar-refractivity contribution < 1.29 is 9.53 Å². The van der Waals surface area contributed by atoms with Crippen LogP contribution in [0.1, 0.15) is 22.8 Å². The molecule has 0 spiro atoms. The van der Waals surface area contributed by atoms with Gasteiger partial charge in [0.2, 0.25) is 0 Å². The zero-order valence-electron chi connectivity index (χ0n) is 11.5. The molecule has 2 aromatic rings. The summed E-state index contributed by atoms with van der Waals surface area (Å²) in [6.07, 6.45) is 1.59. The van der Waals surface area contributed by atoms with Crippen molar-refractivity contribution in [3.8, 4) is 5.75 Å². The molecule has 0 aliphatic rings. The number of benzene rings is 2. The number of halogens is 1. The normalized spacial score (nSPS) is 10.6. The molecule has 4 nitrogen and oxygen atoms in total. The van der Waals surface area contributed by atoms with Crippen molar-refractivity contribution >= 4 is 28.1 Å². The van der Waals surface area contributed by atoms with Gasteiger partial charge in [-0.05, 0) is 48.9 Å². The minimum atomic E-state index is -0.260. The second-order valence-corrected chi connectivity index (χ2v) is 5.13. The van der Waals surface area contributed by atoms with Crippen LogP contribution in [0.2, 0.25) is 0 Å². The van der Waals surface area contributed by atoms with E-state index in [1.807, 2.05) is 31.2 Å². The highest BCUT2D eigenvalue weighted by atomic mass is 79.9. The highest BCUT2D eigenvalue weighted by Crippen LogP contribution is 2.12. The molecule has 0 aliphatic carbocycles. The minimum absolute atomic E-state index is 0.260. The van der Waals surface area contributed by atoms with Gasteiger partial charge < -0.3 is 4.74 Å². The fraction of sp³-hybridized carbons (Fsp3) is 0.125. The van der Waals surface area contributed by atoms with E-state index in [4.69, 9.17) is 4.74 Å². The Balaban J connectivity index is 1.95. The standard InChI is InChI=1S/C16H15BrN2O2/c1-2-21-15-8-6-13(7-9-15)16(20)19-18-11-12-4-3-5-14(17)10-12/h3-11H,2H2,1H3,(H,19,20)/b18-11-. The van der Waals surface area contributed by atoms with E-state index in [-0.39, 0.29) is 5.91 Å². The van der Waals surface area contributed by atoms with E-state index < -0.39 is 0 Å². The molecule has 0 radical (unpaired) electrons. The quantitative estimate of drug-likeness (QED) is 0.664. The Kier molecular flexibility index (Phi) is 5.51. The molecule has 0 bridgehead atoms. The highest BCUT2D eigenvalue weighted by molar-refractivity contribution is 9.10. The fourth-order valence-electron chi connectivity index (χ4n) is 1.69. The van der Waals surface area contributed by atoms with Crippen molar-refractivity contribution in [2.75, 3.05) is 6.61 Å². The van der Waals surface area contributed by atoms with Crippen molar-refractivity contribution in [3.05, 3.63) is 64.1 Å². The summed E-state index contributed by atoms with van der Waals surface area (Å²) in [5, 5.41) is 3.94. The van der Waals surface area contributed by atoms with Crippen LogP contribution in [0.15, 0.2) is 58.1 Å². The summed E-state index contributed by atoms with van der Waals surface area (Å²) < 4.78 is 6.29. The monoisotopic (exact) mass is 346 g/mol. The second kappa shape index (κ2) is 7.59. The number of hydrogen-bond acceptors (Lipinski definition) is 3. The Morgan fingerprint density at radius 2 is 2.05 bits per heavy atom. The first kappa shape index (κ1) is 15.3. The Hall–Kier alpha value is -2.14. The van der Waals surface area contributed by atoms with Gasteiger partial charge in [0.05, 0.1) is 12.8 Å². The summed E-state index contributed by atoms with van der Waals surface area (Å²) in [4.78, 5) is 11.9. The molecule has 0 unspecified atom stereocenters. The minimum Gasteiger partial charge on any atom is -0.494 e. The summed E-state index contributed by atoms with van der Waals surface area (Å²) in [7, 11) is 0. The molecule has 1 amide bonds. The van der Waals surface area contributed by atoms with Crippen LogP contribution in [-0.4, -0.2) is 18.7 Å². The third-order valence-corrected chi connectivity index (χ3v) is 3.15. The summed E-state index contributed by atoms with van der Waals surface area (Å²) in [6.45, 7) is 2.51. The third kappa shape index (κ3) is 4.72. The number of carbonyl (C=O) groups excluding carboxylic acids is 1. The molecule has 108 valence electrons. The van der Waals surface area contributed by atoms with E-state index in [1.165, 1.54) is 0 Å². The highest BCUT2D eigenvalue weighted by Gasteiger charge is 2.03. The van der Waals surface area contributed by atoms with Gasteiger partial charge in [-0.1, -0.05) is 28.1 Å². The van der Waals surface area contributed by atoms with E-state index in [9.17, 15) is 4.79 Å². The summed E-state index contributed by atoms with van der Waals surface area (Å²) >= 11 is 3.38. The molecular weight excluding hydrogens is 332 g/mol. The van der Waals surface area contributed by atoms with Crippen molar-refractivity contribution in [2.24, 2.45) is 5.10 Å². The Labute approximate surface area is 132 Å². The lowest BCUT2D eigenvalue weighted by Crippen LogP contribution is -2.17. The van der Waals surface area contributed by atoms with Crippen molar-refractivity contribution in [3.63, 3.8) is 0 Å². The van der Waals surface area contributed by atoms with Gasteiger partial charge in [0.1, 0.15) is 5.75 Å². The van der Waals surface area contributed by atoms with Crippen LogP contribution >= 0.6 is 15.9 Å². The predicted molar refractivity (Wildman–Crippen MR) is 86.8 cm³/mol. The number of hydrazone groups is 1. The van der Waals surface area contributed by atoms with E-state index in [2.05, 4.69) is 26.5 Å². The second-order valence-electron chi connectivity index (χ2n) is 4.21. The van der Waals surface area contributed by atoms with Crippen molar-refractivity contribution in [1.82, 2.24) is 5.43 Å². The molecule has 0 saturated heterocycles. The van der Waals surface area contributed by atoms with Crippen molar-refractivity contribution in [2.45, 2.75) is 6.92 Å². The molecule has 0 aliphatic heterocycles. The molecule has 0 fully saturated rings. The van der Waals surface area contributed by atoms with E-state index in [0.717, 1.165) is 15.8 Å². The van der Waals surface area contributed by atoms with Crippen molar-refractivity contribution in [1.29, 1.82) is 0 Å². The number of amides is 1. The molecule has 2 rings (SSSR count). The van der Waals surface area contributed by atoms with E-state index in [0.29, 0.717) is 12.2 Å². The largest absolute Gasteiger partial charge is 0.494 e. The van der Waals surface area contributed by atoms with Gasteiger partial charge in [-0.2, -0.15) is 5.10 Å². The number of carbonyl (C=O) groups is 1. The van der Waals surface area contributed by atoms with Gasteiger partial charge in [0.25, 0.3) is 5.91 Å². The zero-order valence-corrected chi connectivity index (χ0v) is 13.1. The van der Waals surface area contributed by atoms with Gasteiger partial charge in [-0.15, -0.1) is 0 Å². The lowest BCUT2D eigenvalue weighted by Gasteiger charge is -2.04. The van der Waals surface area contributed by atoms with E-state index in [1.54, 1.807) is 30.5 Å². The molecule has 0 atom stereocenters. The molecule has 0 heterocycles. The van der Waals surface area contributed by atoms with Crippen LogP contribution in [0.25, 0.3) is 0 Å². The van der Waals surface area contributed by atoms with Gasteiger partial charge in [0, 0.05) is 10.0 Å². The lowest BCUT2D eigenvalue weighted by atomic mass is 10.2. The van der Waals surface area contributed by atoms with Crippen LogP contribution in [-0.2, 0) is 0 Å². The summed E-state index contributed by atoms with van der Waals surface area (Å²) in [5.74, 6) is 0.482. The maximum Gasteiger partial charge on any atom is 0.271 e. The van der Waals surface area contributed by atoms with Crippen LogP contribution in [0.4, 0.5) is 0 Å². The first-order valence-electron chi connectivity index (χ1n) is 6.51. The summed E-state index contributed by atoms with van der Waals surface area (Å²) in [5.41, 5.74) is 3.92.